The summed E-state index contributed by atoms with van der Waals surface area (Å²) in [7, 11) is 0. The summed E-state index contributed by atoms with van der Waals surface area (Å²) in [5, 5.41) is 3.55. The van der Waals surface area contributed by atoms with Gasteiger partial charge in [0.25, 0.3) is 0 Å². The van der Waals surface area contributed by atoms with E-state index in [1.165, 1.54) is 12.8 Å². The van der Waals surface area contributed by atoms with Gasteiger partial charge in [0.2, 0.25) is 0 Å². The van der Waals surface area contributed by atoms with Crippen LogP contribution in [0, 0.1) is 11.8 Å². The van der Waals surface area contributed by atoms with Gasteiger partial charge >= 0.3 is 0 Å². The van der Waals surface area contributed by atoms with E-state index in [2.05, 4.69) is 5.32 Å². The zero-order chi connectivity index (χ0) is 11.0. The summed E-state index contributed by atoms with van der Waals surface area (Å²) in [6.45, 7) is 1.59. The van der Waals surface area contributed by atoms with E-state index in [-0.39, 0.29) is 0 Å². The van der Waals surface area contributed by atoms with Gasteiger partial charge in [0, 0.05) is 23.9 Å². The lowest BCUT2D eigenvalue weighted by atomic mass is 9.80. The van der Waals surface area contributed by atoms with Crippen molar-refractivity contribution in [3.63, 3.8) is 0 Å². The zero-order valence-electron chi connectivity index (χ0n) is 9.78. The molecule has 2 heterocycles. The lowest BCUT2D eigenvalue weighted by Crippen LogP contribution is -2.55. The van der Waals surface area contributed by atoms with Crippen LogP contribution in [0.1, 0.15) is 38.5 Å². The second-order valence-corrected chi connectivity index (χ2v) is 5.65. The van der Waals surface area contributed by atoms with Gasteiger partial charge in [-0.05, 0) is 25.7 Å². The maximum absolute atomic E-state index is 12.4. The molecule has 3 nitrogen and oxygen atoms in total. The Morgan fingerprint density at radius 3 is 2.25 bits per heavy atom. The molecule has 1 aliphatic carbocycles. The summed E-state index contributed by atoms with van der Waals surface area (Å²) in [5.41, 5.74) is 0. The Labute approximate surface area is 96.9 Å². The first-order chi connectivity index (χ1) is 7.83. The Morgan fingerprint density at radius 2 is 1.62 bits per heavy atom. The van der Waals surface area contributed by atoms with Crippen LogP contribution in [0.2, 0.25) is 0 Å². The molecule has 2 unspecified atom stereocenters. The standard InChI is InChI=1S/C13H21NO2/c15-13(9-3-1-2-4-9)10-5-11-7-16-8-12(6-10)14-11/h9-12,14H,1-8H2. The predicted octanol–water partition coefficient (Wildman–Crippen LogP) is 1.51. The summed E-state index contributed by atoms with van der Waals surface area (Å²) in [5.74, 6) is 1.28. The van der Waals surface area contributed by atoms with E-state index in [0.717, 1.165) is 38.9 Å². The third-order valence-corrected chi connectivity index (χ3v) is 4.41. The number of carbonyl (C=O) groups is 1. The summed E-state index contributed by atoms with van der Waals surface area (Å²) < 4.78 is 5.52. The van der Waals surface area contributed by atoms with E-state index in [1.54, 1.807) is 0 Å². The molecule has 2 bridgehead atoms. The van der Waals surface area contributed by atoms with Gasteiger partial charge in [-0.25, -0.2) is 0 Å². The van der Waals surface area contributed by atoms with Crippen molar-refractivity contribution in [1.82, 2.24) is 5.32 Å². The molecule has 2 atom stereocenters. The molecule has 2 saturated heterocycles. The fourth-order valence-corrected chi connectivity index (χ4v) is 3.61. The number of nitrogens with one attached hydrogen (secondary N) is 1. The molecule has 0 spiro atoms. The van der Waals surface area contributed by atoms with Gasteiger partial charge in [-0.15, -0.1) is 0 Å². The Kier molecular flexibility index (Phi) is 2.99. The summed E-state index contributed by atoms with van der Waals surface area (Å²) in [6.07, 6.45) is 6.83. The molecule has 90 valence electrons. The molecule has 0 aromatic carbocycles. The number of piperidine rings is 1. The molecule has 0 aromatic rings. The van der Waals surface area contributed by atoms with E-state index >= 15 is 0 Å². The van der Waals surface area contributed by atoms with Crippen LogP contribution < -0.4 is 5.32 Å². The van der Waals surface area contributed by atoms with Crippen molar-refractivity contribution < 1.29 is 9.53 Å². The van der Waals surface area contributed by atoms with Crippen LogP contribution in [0.5, 0.6) is 0 Å². The molecule has 1 saturated carbocycles. The number of ether oxygens (including phenoxy) is 1. The molecule has 0 amide bonds. The maximum Gasteiger partial charge on any atom is 0.139 e. The van der Waals surface area contributed by atoms with Crippen LogP contribution in [0.25, 0.3) is 0 Å². The zero-order valence-corrected chi connectivity index (χ0v) is 9.78. The molecule has 3 aliphatic rings. The molecule has 1 N–H and O–H groups in total. The Bertz CT molecular complexity index is 261. The minimum absolute atomic E-state index is 0.322. The van der Waals surface area contributed by atoms with Crippen molar-refractivity contribution in [2.45, 2.75) is 50.6 Å². The van der Waals surface area contributed by atoms with E-state index in [1.807, 2.05) is 0 Å². The number of ketones is 1. The van der Waals surface area contributed by atoms with Gasteiger partial charge in [0.05, 0.1) is 13.2 Å². The molecular weight excluding hydrogens is 202 g/mol. The number of hydrogen-bond acceptors (Lipinski definition) is 3. The quantitative estimate of drug-likeness (QED) is 0.771. The van der Waals surface area contributed by atoms with Crippen molar-refractivity contribution in [2.24, 2.45) is 11.8 Å². The number of carbonyl (C=O) groups excluding carboxylic acids is 1. The highest BCUT2D eigenvalue weighted by Crippen LogP contribution is 2.33. The van der Waals surface area contributed by atoms with Gasteiger partial charge in [-0.3, -0.25) is 4.79 Å². The minimum atomic E-state index is 0.322. The van der Waals surface area contributed by atoms with Crippen molar-refractivity contribution >= 4 is 5.78 Å². The van der Waals surface area contributed by atoms with Gasteiger partial charge in [-0.1, -0.05) is 12.8 Å². The first-order valence-electron chi connectivity index (χ1n) is 6.70. The predicted molar refractivity (Wildman–Crippen MR) is 61.2 cm³/mol. The third kappa shape index (κ3) is 2.03. The SMILES string of the molecule is O=C(C1CCCC1)C1CC2COCC(C1)N2. The van der Waals surface area contributed by atoms with Gasteiger partial charge in [0.1, 0.15) is 5.78 Å². The van der Waals surface area contributed by atoms with Crippen LogP contribution in [0.4, 0.5) is 0 Å². The number of rotatable bonds is 2. The second kappa shape index (κ2) is 4.46. The van der Waals surface area contributed by atoms with Crippen LogP contribution in [-0.2, 0) is 9.53 Å². The topological polar surface area (TPSA) is 38.3 Å². The Morgan fingerprint density at radius 1 is 1.00 bits per heavy atom. The second-order valence-electron chi connectivity index (χ2n) is 5.65. The molecule has 3 fully saturated rings. The smallest absolute Gasteiger partial charge is 0.139 e. The highest BCUT2D eigenvalue weighted by molar-refractivity contribution is 5.83. The fraction of sp³-hybridized carbons (Fsp3) is 0.923. The maximum atomic E-state index is 12.4. The number of hydrogen-bond donors (Lipinski definition) is 1. The lowest BCUT2D eigenvalue weighted by molar-refractivity contribution is -0.129. The fourth-order valence-electron chi connectivity index (χ4n) is 3.61. The third-order valence-electron chi connectivity index (χ3n) is 4.41. The van der Waals surface area contributed by atoms with Crippen molar-refractivity contribution in [2.75, 3.05) is 13.2 Å². The Hall–Kier alpha value is -0.410. The van der Waals surface area contributed by atoms with E-state index in [4.69, 9.17) is 4.74 Å². The van der Waals surface area contributed by atoms with Gasteiger partial charge < -0.3 is 10.1 Å². The molecule has 3 rings (SSSR count). The molecule has 0 aromatic heterocycles. The van der Waals surface area contributed by atoms with Crippen molar-refractivity contribution in [3.8, 4) is 0 Å². The van der Waals surface area contributed by atoms with Crippen molar-refractivity contribution in [3.05, 3.63) is 0 Å². The first-order valence-corrected chi connectivity index (χ1v) is 6.70. The minimum Gasteiger partial charge on any atom is -0.378 e. The van der Waals surface area contributed by atoms with Gasteiger partial charge in [-0.2, -0.15) is 0 Å². The Balaban J connectivity index is 1.63. The van der Waals surface area contributed by atoms with Crippen molar-refractivity contribution in [1.29, 1.82) is 0 Å². The first kappa shape index (κ1) is 10.7. The van der Waals surface area contributed by atoms with E-state index < -0.39 is 0 Å². The molecule has 3 heteroatoms. The highest BCUT2D eigenvalue weighted by atomic mass is 16.5. The number of fused-ring (bicyclic) bond motifs is 2. The monoisotopic (exact) mass is 223 g/mol. The molecular formula is C13H21NO2. The number of Topliss-reactive ketones (excluding diaryl/α,β-unsaturated/α-hetero) is 1. The van der Waals surface area contributed by atoms with Crippen LogP contribution in [0.15, 0.2) is 0 Å². The van der Waals surface area contributed by atoms with Gasteiger partial charge in [0.15, 0.2) is 0 Å². The van der Waals surface area contributed by atoms with E-state index in [0.29, 0.717) is 29.7 Å². The molecule has 2 aliphatic heterocycles. The summed E-state index contributed by atoms with van der Waals surface area (Å²) in [4.78, 5) is 12.4. The number of morpholine rings is 1. The van der Waals surface area contributed by atoms with Crippen LogP contribution >= 0.6 is 0 Å². The summed E-state index contributed by atoms with van der Waals surface area (Å²) in [6, 6.07) is 0.866. The lowest BCUT2D eigenvalue weighted by Gasteiger charge is -2.40. The molecule has 0 radical (unpaired) electrons. The van der Waals surface area contributed by atoms with Crippen LogP contribution in [0.3, 0.4) is 0 Å². The highest BCUT2D eigenvalue weighted by Gasteiger charge is 2.37. The average molecular weight is 223 g/mol. The van der Waals surface area contributed by atoms with Crippen LogP contribution in [-0.4, -0.2) is 31.1 Å². The normalized spacial score (nSPS) is 39.9. The largest absolute Gasteiger partial charge is 0.378 e. The van der Waals surface area contributed by atoms with E-state index in [9.17, 15) is 4.79 Å². The average Bonchev–Trinajstić information content (AvgIpc) is 2.81. The molecule has 16 heavy (non-hydrogen) atoms. The summed E-state index contributed by atoms with van der Waals surface area (Å²) >= 11 is 0.